The highest BCUT2D eigenvalue weighted by Gasteiger charge is 2.26. The number of hydrogen-bond acceptors (Lipinski definition) is 5. The van der Waals surface area contributed by atoms with Crippen LogP contribution in [-0.4, -0.2) is 20.3 Å². The first-order valence-corrected chi connectivity index (χ1v) is 7.76. The lowest BCUT2D eigenvalue weighted by molar-refractivity contribution is 0.219. The van der Waals surface area contributed by atoms with Gasteiger partial charge in [0.15, 0.2) is 0 Å². The number of benzene rings is 1. The minimum Gasteiger partial charge on any atom is -0.496 e. The summed E-state index contributed by atoms with van der Waals surface area (Å²) in [5.41, 5.74) is 1.13. The quantitative estimate of drug-likeness (QED) is 0.718. The molecule has 6 heteroatoms. The van der Waals surface area contributed by atoms with Crippen LogP contribution < -0.4 is 4.74 Å². The molecule has 1 rings (SSSR count). The second-order valence-corrected chi connectivity index (χ2v) is 5.80. The van der Waals surface area contributed by atoms with Gasteiger partial charge in [0.1, 0.15) is 5.75 Å². The monoisotopic (exact) mass is 283 g/mol. The Morgan fingerprint density at radius 2 is 1.89 bits per heavy atom. The molecule has 5 nitrogen and oxygen atoms in total. The summed E-state index contributed by atoms with van der Waals surface area (Å²) in [5.74, 6) is 0.568. The molecule has 104 valence electrons. The second kappa shape index (κ2) is 7.30. The average molecular weight is 283 g/mol. The van der Waals surface area contributed by atoms with Crippen molar-refractivity contribution in [3.63, 3.8) is 0 Å². The third kappa shape index (κ3) is 4.36. The van der Waals surface area contributed by atoms with Gasteiger partial charge >= 0.3 is 7.60 Å². The van der Waals surface area contributed by atoms with Crippen molar-refractivity contribution in [2.75, 3.05) is 20.3 Å². The number of ether oxygens (including phenoxy) is 1. The summed E-state index contributed by atoms with van der Waals surface area (Å²) in [5, 5.41) is 8.91. The molecule has 0 bridgehead atoms. The largest absolute Gasteiger partial charge is 0.496 e. The number of hydrogen-bond donors (Lipinski definition) is 0. The molecule has 0 heterocycles. The molecule has 0 N–H and O–H groups in total. The van der Waals surface area contributed by atoms with Crippen LogP contribution in [-0.2, 0) is 19.8 Å². The van der Waals surface area contributed by atoms with E-state index in [1.54, 1.807) is 32.0 Å². The van der Waals surface area contributed by atoms with E-state index in [9.17, 15) is 4.57 Å². The van der Waals surface area contributed by atoms with Crippen LogP contribution in [0.5, 0.6) is 5.75 Å². The van der Waals surface area contributed by atoms with Gasteiger partial charge in [-0.3, -0.25) is 4.57 Å². The van der Waals surface area contributed by atoms with Crippen LogP contribution in [0, 0.1) is 11.3 Å². The van der Waals surface area contributed by atoms with Gasteiger partial charge in [-0.1, -0.05) is 0 Å². The van der Waals surface area contributed by atoms with Crippen LogP contribution in [0.25, 0.3) is 0 Å². The fourth-order valence-corrected chi connectivity index (χ4v) is 3.41. The number of methoxy groups -OCH3 is 1. The Balaban J connectivity index is 3.07. The smallest absolute Gasteiger partial charge is 0.335 e. The van der Waals surface area contributed by atoms with E-state index in [1.807, 2.05) is 6.07 Å². The predicted octanol–water partition coefficient (Wildman–Crippen LogP) is 3.33. The molecule has 0 saturated carbocycles. The predicted molar refractivity (Wildman–Crippen MR) is 72.3 cm³/mol. The minimum atomic E-state index is -3.20. The topological polar surface area (TPSA) is 68.6 Å². The Bertz CT molecular complexity index is 500. The van der Waals surface area contributed by atoms with Crippen LogP contribution >= 0.6 is 7.60 Å². The molecule has 0 aromatic heterocycles. The highest BCUT2D eigenvalue weighted by atomic mass is 31.2. The third-order valence-electron chi connectivity index (χ3n) is 2.43. The van der Waals surface area contributed by atoms with Gasteiger partial charge in [-0.15, -0.1) is 0 Å². The first kappa shape index (κ1) is 15.7. The standard InChI is InChI=1S/C13H18NO4P/c1-4-17-19(15,18-5-2)10-12-8-11(9-14)6-7-13(12)16-3/h6-8H,4-5,10H2,1-3H3. The molecular weight excluding hydrogens is 265 g/mol. The summed E-state index contributed by atoms with van der Waals surface area (Å²) in [4.78, 5) is 0. The zero-order valence-corrected chi connectivity index (χ0v) is 12.3. The van der Waals surface area contributed by atoms with E-state index in [1.165, 1.54) is 7.11 Å². The van der Waals surface area contributed by atoms with Gasteiger partial charge in [-0.2, -0.15) is 5.26 Å². The lowest BCUT2D eigenvalue weighted by Crippen LogP contribution is -2.01. The summed E-state index contributed by atoms with van der Waals surface area (Å²) >= 11 is 0. The average Bonchev–Trinajstić information content (AvgIpc) is 2.39. The molecule has 1 aromatic carbocycles. The van der Waals surface area contributed by atoms with E-state index in [4.69, 9.17) is 19.0 Å². The lowest BCUT2D eigenvalue weighted by atomic mass is 10.1. The Kier molecular flexibility index (Phi) is 6.04. The van der Waals surface area contributed by atoms with E-state index in [0.717, 1.165) is 0 Å². The van der Waals surface area contributed by atoms with Gasteiger partial charge < -0.3 is 13.8 Å². The summed E-state index contributed by atoms with van der Waals surface area (Å²) in [7, 11) is -1.68. The van der Waals surface area contributed by atoms with E-state index in [-0.39, 0.29) is 6.16 Å². The molecule has 0 atom stereocenters. The van der Waals surface area contributed by atoms with Crippen molar-refractivity contribution in [1.29, 1.82) is 5.26 Å². The molecule has 0 fully saturated rings. The number of rotatable bonds is 7. The van der Waals surface area contributed by atoms with Crippen LogP contribution in [0.1, 0.15) is 25.0 Å². The van der Waals surface area contributed by atoms with Crippen molar-refractivity contribution in [3.05, 3.63) is 29.3 Å². The van der Waals surface area contributed by atoms with E-state index >= 15 is 0 Å². The lowest BCUT2D eigenvalue weighted by Gasteiger charge is -2.18. The fourth-order valence-electron chi connectivity index (χ4n) is 1.70. The molecule has 19 heavy (non-hydrogen) atoms. The van der Waals surface area contributed by atoms with Gasteiger partial charge in [0.2, 0.25) is 0 Å². The molecule has 0 unspecified atom stereocenters. The van der Waals surface area contributed by atoms with Crippen LogP contribution in [0.15, 0.2) is 18.2 Å². The maximum absolute atomic E-state index is 12.5. The third-order valence-corrected chi connectivity index (χ3v) is 4.46. The van der Waals surface area contributed by atoms with E-state index in [2.05, 4.69) is 0 Å². The summed E-state index contributed by atoms with van der Waals surface area (Å²) < 4.78 is 28.2. The fraction of sp³-hybridized carbons (Fsp3) is 0.462. The summed E-state index contributed by atoms with van der Waals surface area (Å²) in [6.45, 7) is 4.12. The zero-order valence-electron chi connectivity index (χ0n) is 11.4. The molecule has 0 radical (unpaired) electrons. The molecular formula is C13H18NO4P. The van der Waals surface area contributed by atoms with E-state index in [0.29, 0.717) is 30.1 Å². The van der Waals surface area contributed by atoms with Crippen molar-refractivity contribution in [2.45, 2.75) is 20.0 Å². The van der Waals surface area contributed by atoms with Crippen LogP contribution in [0.3, 0.4) is 0 Å². The Morgan fingerprint density at radius 3 is 2.37 bits per heavy atom. The molecule has 0 aliphatic heterocycles. The van der Waals surface area contributed by atoms with Crippen molar-refractivity contribution >= 4 is 7.60 Å². The SMILES string of the molecule is CCOP(=O)(Cc1cc(C#N)ccc1OC)OCC. The van der Waals surface area contributed by atoms with Crippen LogP contribution in [0.2, 0.25) is 0 Å². The number of nitriles is 1. The van der Waals surface area contributed by atoms with Crippen molar-refractivity contribution < 1.29 is 18.3 Å². The molecule has 0 spiro atoms. The zero-order chi connectivity index (χ0) is 14.3. The van der Waals surface area contributed by atoms with Gasteiger partial charge in [-0.25, -0.2) is 0 Å². The van der Waals surface area contributed by atoms with E-state index < -0.39 is 7.60 Å². The highest BCUT2D eigenvalue weighted by molar-refractivity contribution is 7.53. The summed E-state index contributed by atoms with van der Waals surface area (Å²) in [6.07, 6.45) is 0.0906. The normalized spacial score (nSPS) is 11.1. The molecule has 1 aromatic rings. The molecule has 0 saturated heterocycles. The first-order chi connectivity index (χ1) is 9.08. The van der Waals surface area contributed by atoms with Crippen molar-refractivity contribution in [2.24, 2.45) is 0 Å². The Labute approximate surface area is 113 Å². The van der Waals surface area contributed by atoms with Crippen molar-refractivity contribution in [1.82, 2.24) is 0 Å². The van der Waals surface area contributed by atoms with Gasteiger partial charge in [-0.05, 0) is 32.0 Å². The maximum atomic E-state index is 12.5. The van der Waals surface area contributed by atoms with Gasteiger partial charge in [0.05, 0.1) is 38.1 Å². The van der Waals surface area contributed by atoms with Gasteiger partial charge in [0, 0.05) is 5.56 Å². The second-order valence-electron chi connectivity index (χ2n) is 3.74. The molecule has 0 aliphatic carbocycles. The van der Waals surface area contributed by atoms with Gasteiger partial charge in [0.25, 0.3) is 0 Å². The Hall–Kier alpha value is -1.34. The number of nitrogens with zero attached hydrogens (tertiary/aromatic N) is 1. The van der Waals surface area contributed by atoms with Crippen molar-refractivity contribution in [3.8, 4) is 11.8 Å². The minimum absolute atomic E-state index is 0.0906. The maximum Gasteiger partial charge on any atom is 0.335 e. The van der Waals surface area contributed by atoms with Crippen LogP contribution in [0.4, 0.5) is 0 Å². The Morgan fingerprint density at radius 1 is 1.26 bits per heavy atom. The highest BCUT2D eigenvalue weighted by Crippen LogP contribution is 2.52. The molecule has 0 amide bonds. The summed E-state index contributed by atoms with van der Waals surface area (Å²) in [6, 6.07) is 7.01. The molecule has 0 aliphatic rings. The first-order valence-electron chi connectivity index (χ1n) is 6.03.